The summed E-state index contributed by atoms with van der Waals surface area (Å²) >= 11 is 0. The monoisotopic (exact) mass is 248 g/mol. The summed E-state index contributed by atoms with van der Waals surface area (Å²) in [5, 5.41) is 0. The van der Waals surface area contributed by atoms with Crippen LogP contribution in [0.3, 0.4) is 0 Å². The highest BCUT2D eigenvalue weighted by molar-refractivity contribution is 7.91. The van der Waals surface area contributed by atoms with Gasteiger partial charge in [-0.3, -0.25) is 0 Å². The summed E-state index contributed by atoms with van der Waals surface area (Å²) in [5.74, 6) is 1.19. The first-order valence-electron chi connectivity index (χ1n) is 6.20. The van der Waals surface area contributed by atoms with Crippen LogP contribution in [0.15, 0.2) is 0 Å². The number of hydrogen-bond acceptors (Lipinski definition) is 4. The molecule has 5 heteroatoms. The van der Waals surface area contributed by atoms with Crippen LogP contribution in [-0.2, 0) is 9.84 Å². The van der Waals surface area contributed by atoms with Crippen LogP contribution in [0.2, 0.25) is 0 Å². The lowest BCUT2D eigenvalue weighted by atomic mass is 10.0. The predicted molar refractivity (Wildman–Crippen MR) is 67.2 cm³/mol. The number of hydrogen-bond donors (Lipinski definition) is 1. The van der Waals surface area contributed by atoms with Crippen LogP contribution < -0.4 is 5.73 Å². The Morgan fingerprint density at radius 1 is 1.31 bits per heavy atom. The zero-order chi connectivity index (χ0) is 12.0. The van der Waals surface area contributed by atoms with Gasteiger partial charge in [-0.05, 0) is 31.8 Å². The summed E-state index contributed by atoms with van der Waals surface area (Å²) < 4.78 is 22.9. The minimum Gasteiger partial charge on any atom is -0.330 e. The third-order valence-electron chi connectivity index (χ3n) is 3.19. The molecule has 0 radical (unpaired) electrons. The highest BCUT2D eigenvalue weighted by Gasteiger charge is 2.20. The fourth-order valence-electron chi connectivity index (χ4n) is 2.23. The van der Waals surface area contributed by atoms with E-state index in [-0.39, 0.29) is 0 Å². The Morgan fingerprint density at radius 2 is 2.06 bits per heavy atom. The van der Waals surface area contributed by atoms with Crippen LogP contribution in [0.4, 0.5) is 0 Å². The molecule has 0 aromatic rings. The van der Waals surface area contributed by atoms with E-state index in [9.17, 15) is 8.42 Å². The first-order valence-corrected chi connectivity index (χ1v) is 8.02. The van der Waals surface area contributed by atoms with Crippen LogP contribution in [0.1, 0.15) is 26.2 Å². The van der Waals surface area contributed by atoms with Crippen LogP contribution in [0, 0.1) is 5.92 Å². The molecule has 1 unspecified atom stereocenters. The molecule has 2 N–H and O–H groups in total. The molecule has 0 bridgehead atoms. The van der Waals surface area contributed by atoms with E-state index in [2.05, 4.69) is 11.8 Å². The van der Waals surface area contributed by atoms with E-state index in [0.717, 1.165) is 32.4 Å². The van der Waals surface area contributed by atoms with Gasteiger partial charge >= 0.3 is 0 Å². The molecule has 1 rings (SSSR count). The zero-order valence-electron chi connectivity index (χ0n) is 10.2. The van der Waals surface area contributed by atoms with Crippen molar-refractivity contribution < 1.29 is 8.42 Å². The molecule has 1 atom stereocenters. The Hall–Kier alpha value is -0.130. The van der Waals surface area contributed by atoms with Crippen molar-refractivity contribution >= 4 is 9.84 Å². The molecule has 0 aromatic carbocycles. The highest BCUT2D eigenvalue weighted by atomic mass is 32.2. The smallest absolute Gasteiger partial charge is 0.151 e. The van der Waals surface area contributed by atoms with Gasteiger partial charge in [0.25, 0.3) is 0 Å². The lowest BCUT2D eigenvalue weighted by Crippen LogP contribution is -2.35. The van der Waals surface area contributed by atoms with E-state index in [0.29, 0.717) is 30.5 Å². The summed E-state index contributed by atoms with van der Waals surface area (Å²) in [7, 11) is -2.78. The molecule has 4 nitrogen and oxygen atoms in total. The lowest BCUT2D eigenvalue weighted by Gasteiger charge is -2.24. The van der Waals surface area contributed by atoms with Crippen molar-refractivity contribution in [3.8, 4) is 0 Å². The molecule has 1 saturated heterocycles. The first kappa shape index (κ1) is 13.9. The van der Waals surface area contributed by atoms with Gasteiger partial charge in [0.1, 0.15) is 0 Å². The van der Waals surface area contributed by atoms with Crippen molar-refractivity contribution in [3.63, 3.8) is 0 Å². The van der Waals surface area contributed by atoms with Gasteiger partial charge in [0.05, 0.1) is 11.5 Å². The number of rotatable bonds is 5. The molecule has 16 heavy (non-hydrogen) atoms. The molecular formula is C11H24N2O2S. The minimum absolute atomic E-state index is 0.316. The third-order valence-corrected chi connectivity index (χ3v) is 4.91. The summed E-state index contributed by atoms with van der Waals surface area (Å²) in [6.07, 6.45) is 3.06. The van der Waals surface area contributed by atoms with Crippen LogP contribution in [0.5, 0.6) is 0 Å². The van der Waals surface area contributed by atoms with Crippen molar-refractivity contribution in [2.75, 3.05) is 37.7 Å². The summed E-state index contributed by atoms with van der Waals surface area (Å²) in [5.41, 5.74) is 5.72. The molecule has 0 spiro atoms. The van der Waals surface area contributed by atoms with E-state index in [4.69, 9.17) is 5.73 Å². The molecule has 0 amide bonds. The average molecular weight is 248 g/mol. The Balaban J connectivity index is 2.42. The van der Waals surface area contributed by atoms with E-state index >= 15 is 0 Å². The summed E-state index contributed by atoms with van der Waals surface area (Å²) in [6.45, 7) is 5.41. The van der Waals surface area contributed by atoms with Crippen molar-refractivity contribution in [2.24, 2.45) is 11.7 Å². The normalized spacial score (nSPS) is 23.9. The van der Waals surface area contributed by atoms with Gasteiger partial charge in [0.2, 0.25) is 0 Å². The Kier molecular flexibility index (Phi) is 5.72. The number of nitrogens with zero attached hydrogens (tertiary/aromatic N) is 1. The Bertz CT molecular complexity index is 290. The molecule has 1 aliphatic rings. The van der Waals surface area contributed by atoms with Crippen LogP contribution in [0.25, 0.3) is 0 Å². The van der Waals surface area contributed by atoms with Gasteiger partial charge in [0, 0.05) is 13.1 Å². The first-order chi connectivity index (χ1) is 7.57. The molecule has 0 aromatic heterocycles. The zero-order valence-corrected chi connectivity index (χ0v) is 11.0. The molecular weight excluding hydrogens is 224 g/mol. The third kappa shape index (κ3) is 4.80. The second-order valence-electron chi connectivity index (χ2n) is 4.70. The maximum atomic E-state index is 11.4. The van der Waals surface area contributed by atoms with E-state index in [1.165, 1.54) is 0 Å². The molecule has 1 fully saturated rings. The standard InChI is InChI=1S/C11H24N2O2S/c1-2-4-11(9-12)10-13-5-3-7-16(14,15)8-6-13/h11H,2-10,12H2,1H3. The molecule has 0 saturated carbocycles. The second kappa shape index (κ2) is 6.57. The summed E-state index contributed by atoms with van der Waals surface area (Å²) in [6, 6.07) is 0. The van der Waals surface area contributed by atoms with Gasteiger partial charge in [-0.1, -0.05) is 13.3 Å². The van der Waals surface area contributed by atoms with E-state index in [1.54, 1.807) is 0 Å². The largest absolute Gasteiger partial charge is 0.330 e. The topological polar surface area (TPSA) is 63.4 Å². The fourth-order valence-corrected chi connectivity index (χ4v) is 3.54. The van der Waals surface area contributed by atoms with Crippen LogP contribution >= 0.6 is 0 Å². The maximum absolute atomic E-state index is 11.4. The molecule has 1 heterocycles. The second-order valence-corrected chi connectivity index (χ2v) is 7.00. The molecule has 96 valence electrons. The fraction of sp³-hybridized carbons (Fsp3) is 1.00. The quantitative estimate of drug-likeness (QED) is 0.769. The lowest BCUT2D eigenvalue weighted by molar-refractivity contribution is 0.241. The Labute approximate surface area is 99.1 Å². The molecule has 1 aliphatic heterocycles. The average Bonchev–Trinajstić information content (AvgIpc) is 2.40. The predicted octanol–water partition coefficient (Wildman–Crippen LogP) is 0.482. The van der Waals surface area contributed by atoms with Gasteiger partial charge in [-0.2, -0.15) is 0 Å². The number of sulfone groups is 1. The minimum atomic E-state index is -2.78. The van der Waals surface area contributed by atoms with Gasteiger partial charge < -0.3 is 10.6 Å². The van der Waals surface area contributed by atoms with E-state index < -0.39 is 9.84 Å². The van der Waals surface area contributed by atoms with Crippen molar-refractivity contribution in [2.45, 2.75) is 26.2 Å². The van der Waals surface area contributed by atoms with Gasteiger partial charge in [-0.15, -0.1) is 0 Å². The Morgan fingerprint density at radius 3 is 2.69 bits per heavy atom. The summed E-state index contributed by atoms with van der Waals surface area (Å²) in [4.78, 5) is 2.26. The number of nitrogens with two attached hydrogens (primary N) is 1. The van der Waals surface area contributed by atoms with Gasteiger partial charge in [-0.25, -0.2) is 8.42 Å². The highest BCUT2D eigenvalue weighted by Crippen LogP contribution is 2.11. The maximum Gasteiger partial charge on any atom is 0.151 e. The molecule has 0 aliphatic carbocycles. The van der Waals surface area contributed by atoms with Crippen molar-refractivity contribution in [1.29, 1.82) is 0 Å². The van der Waals surface area contributed by atoms with Crippen molar-refractivity contribution in [1.82, 2.24) is 4.90 Å². The van der Waals surface area contributed by atoms with Crippen molar-refractivity contribution in [3.05, 3.63) is 0 Å². The SMILES string of the molecule is CCCC(CN)CN1CCCS(=O)(=O)CC1. The van der Waals surface area contributed by atoms with Gasteiger partial charge in [0.15, 0.2) is 9.84 Å². The van der Waals surface area contributed by atoms with Crippen LogP contribution in [-0.4, -0.2) is 51.0 Å². The van der Waals surface area contributed by atoms with E-state index in [1.807, 2.05) is 0 Å².